The van der Waals surface area contributed by atoms with Crippen LogP contribution in [-0.4, -0.2) is 0 Å². The lowest BCUT2D eigenvalue weighted by Crippen LogP contribution is -1.96. The fourth-order valence-corrected chi connectivity index (χ4v) is 4.19. The molecule has 1 unspecified atom stereocenters. The second-order valence-electron chi connectivity index (χ2n) is 5.34. The first-order valence-electron chi connectivity index (χ1n) is 5.06. The zero-order valence-electron chi connectivity index (χ0n) is 9.17. The topological polar surface area (TPSA) is 0 Å². The first kappa shape index (κ1) is 10.5. The molecule has 0 bridgehead atoms. The molecule has 2 rings (SSSR count). The summed E-state index contributed by atoms with van der Waals surface area (Å²) in [6, 6.07) is 4.23. The van der Waals surface area contributed by atoms with Crippen LogP contribution in [-0.2, 0) is 0 Å². The second kappa shape index (κ2) is 2.99. The van der Waals surface area contributed by atoms with Gasteiger partial charge in [0.05, 0.1) is 5.38 Å². The van der Waals surface area contributed by atoms with E-state index in [4.69, 9.17) is 11.6 Å². The van der Waals surface area contributed by atoms with Crippen LogP contribution in [0.4, 0.5) is 0 Å². The van der Waals surface area contributed by atoms with E-state index in [1.54, 1.807) is 11.3 Å². The first-order valence-corrected chi connectivity index (χ1v) is 6.38. The van der Waals surface area contributed by atoms with Gasteiger partial charge in [-0.2, -0.15) is 0 Å². The largest absolute Gasteiger partial charge is 0.147 e. The van der Waals surface area contributed by atoms with Crippen molar-refractivity contribution in [3.05, 3.63) is 22.4 Å². The van der Waals surface area contributed by atoms with Gasteiger partial charge in [0, 0.05) is 4.88 Å². The van der Waals surface area contributed by atoms with Gasteiger partial charge in [-0.3, -0.25) is 0 Å². The van der Waals surface area contributed by atoms with Crippen molar-refractivity contribution < 1.29 is 0 Å². The van der Waals surface area contributed by atoms with Gasteiger partial charge in [0.2, 0.25) is 0 Å². The Hall–Kier alpha value is -0.0100. The molecule has 1 aliphatic rings. The number of rotatable bonds is 2. The summed E-state index contributed by atoms with van der Waals surface area (Å²) in [5, 5.41) is 2.30. The predicted octanol–water partition coefficient (Wildman–Crippen LogP) is 4.71. The molecule has 0 saturated heterocycles. The molecule has 1 saturated carbocycles. The molecule has 1 heterocycles. The molecule has 0 amide bonds. The quantitative estimate of drug-likeness (QED) is 0.644. The smallest absolute Gasteiger partial charge is 0.0717 e. The number of halogens is 1. The molecule has 0 radical (unpaired) electrons. The van der Waals surface area contributed by atoms with Crippen LogP contribution in [0.3, 0.4) is 0 Å². The highest BCUT2D eigenvalue weighted by Crippen LogP contribution is 2.73. The van der Waals surface area contributed by atoms with Crippen LogP contribution in [0.1, 0.15) is 37.9 Å². The van der Waals surface area contributed by atoms with Crippen molar-refractivity contribution in [2.75, 3.05) is 0 Å². The maximum atomic E-state index is 6.52. The third-order valence-electron chi connectivity index (χ3n) is 4.24. The molecule has 1 aromatic heterocycles. The standard InChI is InChI=1S/C12H17ClS/c1-11(2)10(12(11,3)4)9(13)8-6-5-7-14-8/h5-7,9-10H,1-4H3. The summed E-state index contributed by atoms with van der Waals surface area (Å²) in [4.78, 5) is 1.32. The average molecular weight is 229 g/mol. The van der Waals surface area contributed by atoms with Gasteiger partial charge >= 0.3 is 0 Å². The molecule has 1 fully saturated rings. The van der Waals surface area contributed by atoms with E-state index in [0.717, 1.165) is 0 Å². The van der Waals surface area contributed by atoms with E-state index in [1.807, 2.05) is 0 Å². The summed E-state index contributed by atoms with van der Waals surface area (Å²) < 4.78 is 0. The normalized spacial score (nSPS) is 26.1. The van der Waals surface area contributed by atoms with Gasteiger partial charge in [-0.15, -0.1) is 22.9 Å². The molecule has 78 valence electrons. The predicted molar refractivity (Wildman–Crippen MR) is 64.0 cm³/mol. The zero-order chi connectivity index (χ0) is 10.6. The summed E-state index contributed by atoms with van der Waals surface area (Å²) in [7, 11) is 0. The Morgan fingerprint density at radius 3 is 2.21 bits per heavy atom. The Bertz CT molecular complexity index is 310. The highest BCUT2D eigenvalue weighted by Gasteiger charge is 2.67. The van der Waals surface area contributed by atoms with Crippen LogP contribution >= 0.6 is 22.9 Å². The van der Waals surface area contributed by atoms with Gasteiger partial charge in [-0.25, -0.2) is 0 Å². The molecule has 1 atom stereocenters. The molecule has 0 nitrogen and oxygen atoms in total. The SMILES string of the molecule is CC1(C)C(C(Cl)c2cccs2)C1(C)C. The van der Waals surface area contributed by atoms with Crippen molar-refractivity contribution in [1.29, 1.82) is 0 Å². The molecule has 0 spiro atoms. The van der Waals surface area contributed by atoms with Crippen LogP contribution < -0.4 is 0 Å². The van der Waals surface area contributed by atoms with Crippen LogP contribution in [0, 0.1) is 16.7 Å². The summed E-state index contributed by atoms with van der Waals surface area (Å²) in [6.45, 7) is 9.28. The van der Waals surface area contributed by atoms with E-state index in [0.29, 0.717) is 16.7 Å². The maximum absolute atomic E-state index is 6.52. The molecular formula is C12H17ClS. The van der Waals surface area contributed by atoms with Crippen molar-refractivity contribution in [3.63, 3.8) is 0 Å². The minimum atomic E-state index is 0.194. The second-order valence-corrected chi connectivity index (χ2v) is 6.79. The minimum absolute atomic E-state index is 0.194. The summed E-state index contributed by atoms with van der Waals surface area (Å²) in [5.74, 6) is 0.607. The van der Waals surface area contributed by atoms with Crippen molar-refractivity contribution in [3.8, 4) is 0 Å². The van der Waals surface area contributed by atoms with E-state index >= 15 is 0 Å². The Morgan fingerprint density at radius 1 is 1.29 bits per heavy atom. The van der Waals surface area contributed by atoms with Crippen LogP contribution in [0.25, 0.3) is 0 Å². The van der Waals surface area contributed by atoms with E-state index in [-0.39, 0.29) is 5.38 Å². The number of thiophene rings is 1. The van der Waals surface area contributed by atoms with E-state index in [9.17, 15) is 0 Å². The molecule has 0 N–H and O–H groups in total. The molecule has 2 heteroatoms. The highest BCUT2D eigenvalue weighted by molar-refractivity contribution is 7.10. The lowest BCUT2D eigenvalue weighted by Gasteiger charge is -2.08. The van der Waals surface area contributed by atoms with E-state index in [2.05, 4.69) is 45.2 Å². The van der Waals surface area contributed by atoms with E-state index in [1.165, 1.54) is 4.88 Å². The van der Waals surface area contributed by atoms with Crippen molar-refractivity contribution in [2.24, 2.45) is 16.7 Å². The molecule has 0 aromatic carbocycles. The summed E-state index contributed by atoms with van der Waals surface area (Å²) >= 11 is 8.29. The van der Waals surface area contributed by atoms with Gasteiger partial charge < -0.3 is 0 Å². The zero-order valence-corrected chi connectivity index (χ0v) is 10.7. The average Bonchev–Trinajstić information content (AvgIpc) is 2.53. The third kappa shape index (κ3) is 1.25. The molecule has 14 heavy (non-hydrogen) atoms. The monoisotopic (exact) mass is 228 g/mol. The van der Waals surface area contributed by atoms with Gasteiger partial charge in [0.25, 0.3) is 0 Å². The van der Waals surface area contributed by atoms with Gasteiger partial charge in [-0.1, -0.05) is 33.8 Å². The number of alkyl halides is 1. The minimum Gasteiger partial charge on any atom is -0.147 e. The fraction of sp³-hybridized carbons (Fsp3) is 0.667. The molecule has 1 aliphatic carbocycles. The van der Waals surface area contributed by atoms with Gasteiger partial charge in [-0.05, 0) is 28.2 Å². The Labute approximate surface area is 95.3 Å². The van der Waals surface area contributed by atoms with Crippen LogP contribution in [0.2, 0.25) is 0 Å². The molecule has 0 aliphatic heterocycles. The lowest BCUT2D eigenvalue weighted by atomic mass is 10.0. The number of hydrogen-bond donors (Lipinski definition) is 0. The van der Waals surface area contributed by atoms with Crippen molar-refractivity contribution >= 4 is 22.9 Å². The molecule has 1 aromatic rings. The number of hydrogen-bond acceptors (Lipinski definition) is 1. The lowest BCUT2D eigenvalue weighted by molar-refractivity contribution is 0.457. The maximum Gasteiger partial charge on any atom is 0.0717 e. The highest BCUT2D eigenvalue weighted by atomic mass is 35.5. The van der Waals surface area contributed by atoms with Gasteiger partial charge in [0.1, 0.15) is 0 Å². The van der Waals surface area contributed by atoms with Crippen molar-refractivity contribution in [2.45, 2.75) is 33.1 Å². The first-order chi connectivity index (χ1) is 6.39. The molecular weight excluding hydrogens is 212 g/mol. The van der Waals surface area contributed by atoms with Crippen molar-refractivity contribution in [1.82, 2.24) is 0 Å². The van der Waals surface area contributed by atoms with Gasteiger partial charge in [0.15, 0.2) is 0 Å². The summed E-state index contributed by atoms with van der Waals surface area (Å²) in [6.07, 6.45) is 0. The third-order valence-corrected chi connectivity index (χ3v) is 5.81. The van der Waals surface area contributed by atoms with Crippen LogP contribution in [0.5, 0.6) is 0 Å². The van der Waals surface area contributed by atoms with Crippen LogP contribution in [0.15, 0.2) is 17.5 Å². The Morgan fingerprint density at radius 2 is 1.86 bits per heavy atom. The van der Waals surface area contributed by atoms with E-state index < -0.39 is 0 Å². The fourth-order valence-electron chi connectivity index (χ4n) is 2.59. The Balaban J connectivity index is 2.20. The Kier molecular flexibility index (Phi) is 2.24. The summed E-state index contributed by atoms with van der Waals surface area (Å²) in [5.41, 5.74) is 0.757.